The molecule has 1 aromatic carbocycles. The number of carbonyl (C=O) groups is 1. The summed E-state index contributed by atoms with van der Waals surface area (Å²) < 4.78 is 2.35. The molecule has 1 atom stereocenters. The Labute approximate surface area is 158 Å². The second-order valence-electron chi connectivity index (χ2n) is 7.12. The van der Waals surface area contributed by atoms with E-state index in [1.54, 1.807) is 7.05 Å². The molecule has 1 aromatic heterocycles. The fraction of sp³-hybridized carbons (Fsp3) is 0.381. The van der Waals surface area contributed by atoms with Crippen molar-refractivity contribution < 1.29 is 4.79 Å². The highest BCUT2D eigenvalue weighted by atomic mass is 16.2. The zero-order valence-corrected chi connectivity index (χ0v) is 15.7. The monoisotopic (exact) mass is 367 g/mol. The van der Waals surface area contributed by atoms with Crippen LogP contribution < -0.4 is 16.6 Å². The van der Waals surface area contributed by atoms with Crippen molar-refractivity contribution in [3.05, 3.63) is 74.6 Å². The molecule has 1 fully saturated rings. The fourth-order valence-corrected chi connectivity index (χ4v) is 3.74. The Kier molecular flexibility index (Phi) is 5.74. The SMILES string of the molecule is Cn1cc(/C=C\C(=O)N[C@H](c2ccccc2)C2CCCC2)c(=O)n(C)c1=O. The van der Waals surface area contributed by atoms with Crippen LogP contribution >= 0.6 is 0 Å². The molecule has 0 bridgehead atoms. The molecule has 1 saturated carbocycles. The molecule has 6 heteroatoms. The number of hydrogen-bond acceptors (Lipinski definition) is 3. The van der Waals surface area contributed by atoms with Gasteiger partial charge in [-0.3, -0.25) is 14.2 Å². The molecule has 0 radical (unpaired) electrons. The molecule has 142 valence electrons. The molecule has 1 N–H and O–H groups in total. The molecule has 0 saturated heterocycles. The van der Waals surface area contributed by atoms with Crippen molar-refractivity contribution in [2.75, 3.05) is 0 Å². The summed E-state index contributed by atoms with van der Waals surface area (Å²) >= 11 is 0. The van der Waals surface area contributed by atoms with E-state index in [4.69, 9.17) is 0 Å². The minimum Gasteiger partial charge on any atom is -0.345 e. The van der Waals surface area contributed by atoms with Gasteiger partial charge in [0.15, 0.2) is 0 Å². The smallest absolute Gasteiger partial charge is 0.330 e. The average molecular weight is 367 g/mol. The van der Waals surface area contributed by atoms with Crippen molar-refractivity contribution in [3.63, 3.8) is 0 Å². The lowest BCUT2D eigenvalue weighted by atomic mass is 9.91. The van der Waals surface area contributed by atoms with Gasteiger partial charge >= 0.3 is 5.69 Å². The van der Waals surface area contributed by atoms with Crippen molar-refractivity contribution in [3.8, 4) is 0 Å². The van der Waals surface area contributed by atoms with Gasteiger partial charge in [-0.1, -0.05) is 43.2 Å². The van der Waals surface area contributed by atoms with E-state index in [-0.39, 0.29) is 11.9 Å². The second-order valence-corrected chi connectivity index (χ2v) is 7.12. The molecule has 6 nitrogen and oxygen atoms in total. The number of aryl methyl sites for hydroxylation is 1. The van der Waals surface area contributed by atoms with Gasteiger partial charge in [-0.25, -0.2) is 4.79 Å². The molecule has 1 amide bonds. The van der Waals surface area contributed by atoms with Crippen LogP contribution in [0.1, 0.15) is 42.9 Å². The first kappa shape index (κ1) is 18.9. The molecular formula is C21H25N3O3. The van der Waals surface area contributed by atoms with Crippen LogP contribution in [0, 0.1) is 5.92 Å². The lowest BCUT2D eigenvalue weighted by Crippen LogP contribution is -2.37. The Balaban J connectivity index is 1.80. The van der Waals surface area contributed by atoms with E-state index in [1.165, 1.54) is 42.8 Å². The first-order valence-corrected chi connectivity index (χ1v) is 9.27. The van der Waals surface area contributed by atoms with Gasteiger partial charge in [0.1, 0.15) is 0 Å². The Bertz CT molecular complexity index is 951. The number of hydrogen-bond donors (Lipinski definition) is 1. The van der Waals surface area contributed by atoms with Gasteiger partial charge in [0.05, 0.1) is 11.6 Å². The van der Waals surface area contributed by atoms with Crippen LogP contribution in [0.2, 0.25) is 0 Å². The summed E-state index contributed by atoms with van der Waals surface area (Å²) in [5.41, 5.74) is 0.584. The normalized spacial score (nSPS) is 15.9. The highest BCUT2D eigenvalue weighted by Crippen LogP contribution is 2.35. The van der Waals surface area contributed by atoms with Crippen molar-refractivity contribution in [1.29, 1.82) is 0 Å². The van der Waals surface area contributed by atoms with E-state index in [0.717, 1.165) is 23.0 Å². The number of aromatic nitrogens is 2. The average Bonchev–Trinajstić information content (AvgIpc) is 3.21. The van der Waals surface area contributed by atoms with Crippen LogP contribution in [0.4, 0.5) is 0 Å². The molecule has 0 unspecified atom stereocenters. The number of nitrogens with one attached hydrogen (secondary N) is 1. The standard InChI is InChI=1S/C21H25N3O3/c1-23-14-17(20(26)24(2)21(23)27)12-13-18(25)22-19(16-10-6-7-11-16)15-8-4-3-5-9-15/h3-5,8-9,12-14,16,19H,6-7,10-11H2,1-2H3,(H,22,25)/b13-12-/t19-/m1/s1. The number of rotatable bonds is 5. The summed E-state index contributed by atoms with van der Waals surface area (Å²) in [6.45, 7) is 0. The maximum absolute atomic E-state index is 12.5. The largest absolute Gasteiger partial charge is 0.345 e. The van der Waals surface area contributed by atoms with Gasteiger partial charge in [-0.05, 0) is 30.4 Å². The van der Waals surface area contributed by atoms with Crippen LogP contribution in [0.3, 0.4) is 0 Å². The van der Waals surface area contributed by atoms with Crippen LogP contribution in [0.15, 0.2) is 52.2 Å². The molecule has 1 aliphatic rings. The second kappa shape index (κ2) is 8.20. The van der Waals surface area contributed by atoms with E-state index in [1.807, 2.05) is 30.3 Å². The molecule has 1 aliphatic carbocycles. The molecule has 0 spiro atoms. The topological polar surface area (TPSA) is 73.1 Å². The third-order valence-corrected chi connectivity index (χ3v) is 5.21. The maximum atomic E-state index is 12.5. The number of nitrogens with zero attached hydrogens (tertiary/aromatic N) is 2. The lowest BCUT2D eigenvalue weighted by Gasteiger charge is -2.24. The quantitative estimate of drug-likeness (QED) is 0.823. The predicted molar refractivity (Wildman–Crippen MR) is 105 cm³/mol. The Morgan fingerprint density at radius 3 is 2.48 bits per heavy atom. The van der Waals surface area contributed by atoms with Crippen molar-refractivity contribution >= 4 is 12.0 Å². The van der Waals surface area contributed by atoms with E-state index in [9.17, 15) is 14.4 Å². The highest BCUT2D eigenvalue weighted by Gasteiger charge is 2.27. The van der Waals surface area contributed by atoms with Gasteiger partial charge < -0.3 is 9.88 Å². The Morgan fingerprint density at radius 1 is 1.15 bits per heavy atom. The van der Waals surface area contributed by atoms with Crippen molar-refractivity contribution in [1.82, 2.24) is 14.5 Å². The van der Waals surface area contributed by atoms with Crippen molar-refractivity contribution in [2.45, 2.75) is 31.7 Å². The van der Waals surface area contributed by atoms with Gasteiger partial charge in [0.2, 0.25) is 5.91 Å². The first-order chi connectivity index (χ1) is 13.0. The molecule has 1 heterocycles. The van der Waals surface area contributed by atoms with E-state index >= 15 is 0 Å². The minimum atomic E-state index is -0.419. The summed E-state index contributed by atoms with van der Waals surface area (Å²) in [6.07, 6.45) is 8.86. The minimum absolute atomic E-state index is 0.0335. The predicted octanol–water partition coefficient (Wildman–Crippen LogP) is 2.14. The zero-order valence-electron chi connectivity index (χ0n) is 15.7. The van der Waals surface area contributed by atoms with Crippen LogP contribution in [0.25, 0.3) is 6.08 Å². The summed E-state index contributed by atoms with van der Waals surface area (Å²) in [5.74, 6) is 0.182. The maximum Gasteiger partial charge on any atom is 0.330 e. The highest BCUT2D eigenvalue weighted by molar-refractivity contribution is 5.91. The summed E-state index contributed by atoms with van der Waals surface area (Å²) in [5, 5.41) is 3.10. The third kappa shape index (κ3) is 4.27. The molecule has 2 aromatic rings. The zero-order chi connectivity index (χ0) is 19.4. The van der Waals surface area contributed by atoms with Gasteiger partial charge in [-0.2, -0.15) is 0 Å². The third-order valence-electron chi connectivity index (χ3n) is 5.21. The summed E-state index contributed by atoms with van der Waals surface area (Å²) in [6, 6.07) is 9.97. The van der Waals surface area contributed by atoms with E-state index in [2.05, 4.69) is 5.32 Å². The summed E-state index contributed by atoms with van der Waals surface area (Å²) in [4.78, 5) is 36.5. The molecule has 0 aliphatic heterocycles. The fourth-order valence-electron chi connectivity index (χ4n) is 3.74. The van der Waals surface area contributed by atoms with Gasteiger partial charge in [-0.15, -0.1) is 0 Å². The first-order valence-electron chi connectivity index (χ1n) is 9.27. The molecule has 3 rings (SSSR count). The van der Waals surface area contributed by atoms with E-state index < -0.39 is 11.2 Å². The summed E-state index contributed by atoms with van der Waals surface area (Å²) in [7, 11) is 3.00. The van der Waals surface area contributed by atoms with Gasteiger partial charge in [0.25, 0.3) is 5.56 Å². The number of benzene rings is 1. The van der Waals surface area contributed by atoms with Crippen LogP contribution in [-0.4, -0.2) is 15.0 Å². The molecule has 27 heavy (non-hydrogen) atoms. The van der Waals surface area contributed by atoms with Crippen LogP contribution in [-0.2, 0) is 18.9 Å². The Hall–Kier alpha value is -2.89. The van der Waals surface area contributed by atoms with Gasteiger partial charge in [0, 0.05) is 26.4 Å². The number of carbonyl (C=O) groups excluding carboxylic acids is 1. The number of amides is 1. The Morgan fingerprint density at radius 2 is 1.81 bits per heavy atom. The van der Waals surface area contributed by atoms with Crippen molar-refractivity contribution in [2.24, 2.45) is 20.0 Å². The molecular weight excluding hydrogens is 342 g/mol. The van der Waals surface area contributed by atoms with Crippen LogP contribution in [0.5, 0.6) is 0 Å². The lowest BCUT2D eigenvalue weighted by molar-refractivity contribution is -0.117. The van der Waals surface area contributed by atoms with E-state index in [0.29, 0.717) is 11.5 Å².